The van der Waals surface area contributed by atoms with Crippen LogP contribution in [0.2, 0.25) is 5.02 Å². The van der Waals surface area contributed by atoms with Gasteiger partial charge in [-0.1, -0.05) is 27.5 Å². The zero-order valence-electron chi connectivity index (χ0n) is 11.8. The van der Waals surface area contributed by atoms with E-state index in [4.69, 9.17) is 16.3 Å². The molecule has 1 aliphatic heterocycles. The van der Waals surface area contributed by atoms with Crippen LogP contribution in [0, 0.1) is 5.92 Å². The van der Waals surface area contributed by atoms with Gasteiger partial charge in [-0.2, -0.15) is 0 Å². The molecule has 6 heteroatoms. The number of piperidine rings is 1. The summed E-state index contributed by atoms with van der Waals surface area (Å²) in [5.74, 6) is -0.612. The number of likely N-dealkylation sites (tertiary alicyclic amines) is 1. The highest BCUT2D eigenvalue weighted by molar-refractivity contribution is 9.10. The molecule has 0 spiro atoms. The van der Waals surface area contributed by atoms with E-state index in [-0.39, 0.29) is 17.8 Å². The van der Waals surface area contributed by atoms with Crippen molar-refractivity contribution in [3.63, 3.8) is 0 Å². The predicted molar refractivity (Wildman–Crippen MR) is 84.4 cm³/mol. The molecular formula is C15H17BrClNO3. The molecular weight excluding hydrogens is 358 g/mol. The quantitative estimate of drug-likeness (QED) is 0.761. The normalized spacial score (nSPS) is 18.4. The largest absolute Gasteiger partial charge is 0.466 e. The van der Waals surface area contributed by atoms with E-state index in [0.717, 1.165) is 17.3 Å². The van der Waals surface area contributed by atoms with Crippen molar-refractivity contribution in [2.45, 2.75) is 19.8 Å². The number of halogens is 2. The van der Waals surface area contributed by atoms with Gasteiger partial charge in [0.2, 0.25) is 0 Å². The minimum absolute atomic E-state index is 0.143. The van der Waals surface area contributed by atoms with Crippen molar-refractivity contribution in [1.82, 2.24) is 4.90 Å². The lowest BCUT2D eigenvalue weighted by Gasteiger charge is -2.31. The van der Waals surface area contributed by atoms with Gasteiger partial charge in [-0.3, -0.25) is 9.59 Å². The summed E-state index contributed by atoms with van der Waals surface area (Å²) in [6.45, 7) is 3.17. The highest BCUT2D eigenvalue weighted by Crippen LogP contribution is 2.25. The molecule has 114 valence electrons. The van der Waals surface area contributed by atoms with Crippen LogP contribution < -0.4 is 0 Å². The van der Waals surface area contributed by atoms with Gasteiger partial charge < -0.3 is 9.64 Å². The second-order valence-corrected chi connectivity index (χ2v) is 6.29. The number of hydrogen-bond acceptors (Lipinski definition) is 3. The second-order valence-electron chi connectivity index (χ2n) is 4.97. The van der Waals surface area contributed by atoms with Crippen molar-refractivity contribution in [3.05, 3.63) is 33.3 Å². The summed E-state index contributed by atoms with van der Waals surface area (Å²) in [7, 11) is 0. The first-order valence-electron chi connectivity index (χ1n) is 6.94. The first-order valence-corrected chi connectivity index (χ1v) is 8.11. The topological polar surface area (TPSA) is 46.6 Å². The third-order valence-corrected chi connectivity index (χ3v) is 4.31. The fourth-order valence-corrected chi connectivity index (χ4v) is 3.01. The van der Waals surface area contributed by atoms with E-state index in [1.807, 2.05) is 0 Å². The number of carbonyl (C=O) groups is 2. The summed E-state index contributed by atoms with van der Waals surface area (Å²) >= 11 is 9.44. The summed E-state index contributed by atoms with van der Waals surface area (Å²) in [4.78, 5) is 26.1. The van der Waals surface area contributed by atoms with Gasteiger partial charge in [0.25, 0.3) is 5.91 Å². The summed E-state index contributed by atoms with van der Waals surface area (Å²) in [6.07, 6.45) is 1.55. The Morgan fingerprint density at radius 2 is 2.24 bits per heavy atom. The Labute approximate surface area is 137 Å². The van der Waals surface area contributed by atoms with E-state index in [2.05, 4.69) is 15.9 Å². The standard InChI is InChI=1S/C15H17BrClNO3/c1-2-21-15(20)10-4-3-7-18(9-10)14(19)12-8-11(16)5-6-13(12)17/h5-6,8,10H,2-4,7,9H2,1H3/t10-/m0/s1. The van der Waals surface area contributed by atoms with Crippen LogP contribution in [0.25, 0.3) is 0 Å². The fourth-order valence-electron chi connectivity index (χ4n) is 2.45. The predicted octanol–water partition coefficient (Wildman–Crippen LogP) is 3.52. The Bertz CT molecular complexity index is 550. The molecule has 0 aromatic heterocycles. The van der Waals surface area contributed by atoms with Gasteiger partial charge in [-0.25, -0.2) is 0 Å². The number of carbonyl (C=O) groups excluding carboxylic acids is 2. The van der Waals surface area contributed by atoms with Gasteiger partial charge >= 0.3 is 5.97 Å². The van der Waals surface area contributed by atoms with Crippen molar-refractivity contribution in [1.29, 1.82) is 0 Å². The monoisotopic (exact) mass is 373 g/mol. The van der Waals surface area contributed by atoms with Crippen LogP contribution in [0.4, 0.5) is 0 Å². The molecule has 0 bridgehead atoms. The lowest BCUT2D eigenvalue weighted by Crippen LogP contribution is -2.42. The fraction of sp³-hybridized carbons (Fsp3) is 0.467. The lowest BCUT2D eigenvalue weighted by atomic mass is 9.97. The number of hydrogen-bond donors (Lipinski definition) is 0. The smallest absolute Gasteiger partial charge is 0.310 e. The van der Waals surface area contributed by atoms with Crippen LogP contribution in [0.3, 0.4) is 0 Å². The molecule has 0 N–H and O–H groups in total. The number of nitrogens with zero attached hydrogens (tertiary/aromatic N) is 1. The summed E-state index contributed by atoms with van der Waals surface area (Å²) in [6, 6.07) is 5.18. The van der Waals surface area contributed by atoms with Crippen molar-refractivity contribution in [3.8, 4) is 0 Å². The molecule has 1 amide bonds. The molecule has 1 saturated heterocycles. The van der Waals surface area contributed by atoms with Crippen LogP contribution in [-0.2, 0) is 9.53 Å². The average Bonchev–Trinajstić information content (AvgIpc) is 2.49. The molecule has 0 saturated carbocycles. The van der Waals surface area contributed by atoms with Gasteiger partial charge in [-0.05, 0) is 38.0 Å². The Kier molecular flexibility index (Phi) is 5.65. The number of amides is 1. The number of benzene rings is 1. The maximum atomic E-state index is 12.6. The van der Waals surface area contributed by atoms with Crippen LogP contribution in [0.15, 0.2) is 22.7 Å². The van der Waals surface area contributed by atoms with E-state index in [1.165, 1.54) is 0 Å². The molecule has 0 unspecified atom stereocenters. The summed E-state index contributed by atoms with van der Waals surface area (Å²) < 4.78 is 5.85. The van der Waals surface area contributed by atoms with Crippen LogP contribution in [-0.4, -0.2) is 36.5 Å². The summed E-state index contributed by atoms with van der Waals surface area (Å²) in [5, 5.41) is 0.418. The molecule has 4 nitrogen and oxygen atoms in total. The Morgan fingerprint density at radius 1 is 1.48 bits per heavy atom. The minimum atomic E-state index is -0.242. The Morgan fingerprint density at radius 3 is 2.95 bits per heavy atom. The Hall–Kier alpha value is -1.07. The molecule has 1 aromatic rings. The molecule has 1 aliphatic rings. The molecule has 1 aromatic carbocycles. The van der Waals surface area contributed by atoms with Gasteiger partial charge in [0.15, 0.2) is 0 Å². The van der Waals surface area contributed by atoms with E-state index in [1.54, 1.807) is 30.0 Å². The van der Waals surface area contributed by atoms with Crippen molar-refractivity contribution < 1.29 is 14.3 Å². The Balaban J connectivity index is 2.12. The van der Waals surface area contributed by atoms with Gasteiger partial charge in [0, 0.05) is 17.6 Å². The molecule has 0 radical (unpaired) electrons. The van der Waals surface area contributed by atoms with Crippen molar-refractivity contribution >= 4 is 39.4 Å². The summed E-state index contributed by atoms with van der Waals surface area (Å²) in [5.41, 5.74) is 0.454. The number of rotatable bonds is 3. The third-order valence-electron chi connectivity index (χ3n) is 3.49. The SMILES string of the molecule is CCOC(=O)[C@H]1CCCN(C(=O)c2cc(Br)ccc2Cl)C1. The average molecular weight is 375 g/mol. The maximum Gasteiger partial charge on any atom is 0.310 e. The van der Waals surface area contributed by atoms with Gasteiger partial charge in [0.1, 0.15) is 0 Å². The molecule has 1 fully saturated rings. The van der Waals surface area contributed by atoms with Gasteiger partial charge in [0.05, 0.1) is 23.1 Å². The van der Waals surface area contributed by atoms with E-state index >= 15 is 0 Å². The highest BCUT2D eigenvalue weighted by Gasteiger charge is 2.30. The van der Waals surface area contributed by atoms with Crippen molar-refractivity contribution in [2.75, 3.05) is 19.7 Å². The van der Waals surface area contributed by atoms with Crippen LogP contribution in [0.5, 0.6) is 0 Å². The first kappa shape index (κ1) is 16.3. The third kappa shape index (κ3) is 3.98. The first-order chi connectivity index (χ1) is 10.0. The molecule has 1 heterocycles. The van der Waals surface area contributed by atoms with E-state index in [0.29, 0.717) is 30.3 Å². The second kappa shape index (κ2) is 7.27. The lowest BCUT2D eigenvalue weighted by molar-refractivity contribution is -0.149. The molecule has 2 rings (SSSR count). The zero-order chi connectivity index (χ0) is 15.4. The maximum absolute atomic E-state index is 12.6. The van der Waals surface area contributed by atoms with Crippen LogP contribution in [0.1, 0.15) is 30.1 Å². The molecule has 1 atom stereocenters. The van der Waals surface area contributed by atoms with E-state index in [9.17, 15) is 9.59 Å². The van der Waals surface area contributed by atoms with Gasteiger partial charge in [-0.15, -0.1) is 0 Å². The molecule has 21 heavy (non-hydrogen) atoms. The van der Waals surface area contributed by atoms with Crippen molar-refractivity contribution in [2.24, 2.45) is 5.92 Å². The zero-order valence-corrected chi connectivity index (χ0v) is 14.1. The number of esters is 1. The highest BCUT2D eigenvalue weighted by atomic mass is 79.9. The number of ether oxygens (including phenoxy) is 1. The van der Waals surface area contributed by atoms with Crippen LogP contribution >= 0.6 is 27.5 Å². The van der Waals surface area contributed by atoms with E-state index < -0.39 is 0 Å². The minimum Gasteiger partial charge on any atom is -0.466 e. The molecule has 0 aliphatic carbocycles.